The second-order valence-electron chi connectivity index (χ2n) is 9.14. The van der Waals surface area contributed by atoms with Crippen LogP contribution in [-0.4, -0.2) is 45.4 Å². The predicted molar refractivity (Wildman–Crippen MR) is 134 cm³/mol. The minimum absolute atomic E-state index is 0.0362. The van der Waals surface area contributed by atoms with E-state index in [0.29, 0.717) is 34.4 Å². The SMILES string of the molecule is C[C@@H]1CC[C@@H]2C(=O)N(N(C(=O)c3ccc(Cl)cc3)[C@H](CCCl)C(=O)c3ccc(Cl)cc3)C(=O)[C@H]2C1. The number of benzene rings is 2. The Hall–Kier alpha value is -2.41. The molecule has 0 spiro atoms. The summed E-state index contributed by atoms with van der Waals surface area (Å²) in [7, 11) is 0. The Kier molecular flexibility index (Phi) is 7.84. The van der Waals surface area contributed by atoms with Crippen molar-refractivity contribution in [3.05, 3.63) is 69.7 Å². The summed E-state index contributed by atoms with van der Waals surface area (Å²) in [5, 5.41) is 2.81. The number of hydrogen-bond acceptors (Lipinski definition) is 4. The molecule has 1 aliphatic carbocycles. The molecule has 184 valence electrons. The molecule has 2 aromatic rings. The Morgan fingerprint density at radius 3 is 2.03 bits per heavy atom. The molecule has 6 nitrogen and oxygen atoms in total. The van der Waals surface area contributed by atoms with Crippen LogP contribution in [0.5, 0.6) is 0 Å². The van der Waals surface area contributed by atoms with Crippen molar-refractivity contribution < 1.29 is 19.2 Å². The number of amides is 3. The average molecular weight is 536 g/mol. The highest BCUT2D eigenvalue weighted by Crippen LogP contribution is 2.42. The van der Waals surface area contributed by atoms with Gasteiger partial charge in [-0.1, -0.05) is 30.1 Å². The van der Waals surface area contributed by atoms with Crippen molar-refractivity contribution in [2.75, 3.05) is 5.88 Å². The molecule has 0 N–H and O–H groups in total. The van der Waals surface area contributed by atoms with Gasteiger partial charge in [-0.3, -0.25) is 19.2 Å². The van der Waals surface area contributed by atoms with E-state index in [1.54, 1.807) is 36.4 Å². The third-order valence-corrected chi connectivity index (χ3v) is 7.51. The fourth-order valence-corrected chi connectivity index (χ4v) is 5.41. The molecule has 2 aliphatic rings. The van der Waals surface area contributed by atoms with Crippen LogP contribution in [0, 0.1) is 17.8 Å². The van der Waals surface area contributed by atoms with E-state index in [9.17, 15) is 19.2 Å². The second-order valence-corrected chi connectivity index (χ2v) is 10.4. The van der Waals surface area contributed by atoms with E-state index in [0.717, 1.165) is 16.4 Å². The number of ketones is 1. The lowest BCUT2D eigenvalue weighted by atomic mass is 9.76. The van der Waals surface area contributed by atoms with Gasteiger partial charge in [0.2, 0.25) is 0 Å². The first-order valence-corrected chi connectivity index (χ1v) is 12.8. The first-order valence-electron chi connectivity index (χ1n) is 11.6. The molecule has 4 atom stereocenters. The Morgan fingerprint density at radius 2 is 1.46 bits per heavy atom. The van der Waals surface area contributed by atoms with Crippen LogP contribution in [0.15, 0.2) is 48.5 Å². The summed E-state index contributed by atoms with van der Waals surface area (Å²) in [4.78, 5) is 54.6. The van der Waals surface area contributed by atoms with E-state index in [-0.39, 0.29) is 17.9 Å². The molecule has 2 aromatic carbocycles. The minimum atomic E-state index is -1.16. The molecule has 1 saturated carbocycles. The van der Waals surface area contributed by atoms with Crippen LogP contribution in [0.25, 0.3) is 0 Å². The van der Waals surface area contributed by atoms with Crippen LogP contribution in [-0.2, 0) is 9.59 Å². The quantitative estimate of drug-likeness (QED) is 0.261. The Labute approximate surface area is 219 Å². The van der Waals surface area contributed by atoms with Crippen molar-refractivity contribution in [1.29, 1.82) is 0 Å². The van der Waals surface area contributed by atoms with Crippen molar-refractivity contribution in [2.24, 2.45) is 17.8 Å². The van der Waals surface area contributed by atoms with Crippen LogP contribution in [0.4, 0.5) is 0 Å². The normalized spacial score (nSPS) is 22.6. The Morgan fingerprint density at radius 1 is 0.914 bits per heavy atom. The van der Waals surface area contributed by atoms with Crippen LogP contribution < -0.4 is 0 Å². The van der Waals surface area contributed by atoms with Gasteiger partial charge in [0.1, 0.15) is 6.04 Å². The maximum absolute atomic E-state index is 13.8. The van der Waals surface area contributed by atoms with Gasteiger partial charge in [0.25, 0.3) is 17.7 Å². The van der Waals surface area contributed by atoms with Crippen LogP contribution in [0.1, 0.15) is 53.3 Å². The van der Waals surface area contributed by atoms with Gasteiger partial charge >= 0.3 is 0 Å². The maximum Gasteiger partial charge on any atom is 0.273 e. The topological polar surface area (TPSA) is 74.8 Å². The lowest BCUT2D eigenvalue weighted by Gasteiger charge is -2.36. The number of fused-ring (bicyclic) bond motifs is 1. The monoisotopic (exact) mass is 534 g/mol. The van der Waals surface area contributed by atoms with E-state index in [4.69, 9.17) is 34.8 Å². The van der Waals surface area contributed by atoms with Gasteiger partial charge < -0.3 is 0 Å². The summed E-state index contributed by atoms with van der Waals surface area (Å²) < 4.78 is 0. The summed E-state index contributed by atoms with van der Waals surface area (Å²) in [6, 6.07) is 11.2. The van der Waals surface area contributed by atoms with E-state index in [2.05, 4.69) is 0 Å². The molecule has 1 heterocycles. The lowest BCUT2D eigenvalue weighted by molar-refractivity contribution is -0.156. The van der Waals surface area contributed by atoms with Gasteiger partial charge in [-0.15, -0.1) is 11.6 Å². The Balaban J connectivity index is 1.79. The highest BCUT2D eigenvalue weighted by molar-refractivity contribution is 6.31. The van der Waals surface area contributed by atoms with Crippen LogP contribution >= 0.6 is 34.8 Å². The summed E-state index contributed by atoms with van der Waals surface area (Å²) in [6.07, 6.45) is 2.01. The molecule has 1 saturated heterocycles. The third-order valence-electron chi connectivity index (χ3n) is 6.79. The molecule has 0 aromatic heterocycles. The maximum atomic E-state index is 13.8. The van der Waals surface area contributed by atoms with Crippen molar-refractivity contribution in [2.45, 2.75) is 38.6 Å². The molecular weight excluding hydrogens is 511 g/mol. The van der Waals surface area contributed by atoms with Gasteiger partial charge in [-0.25, -0.2) is 5.01 Å². The summed E-state index contributed by atoms with van der Waals surface area (Å²) in [5.74, 6) is -2.65. The van der Waals surface area contributed by atoms with Gasteiger partial charge in [0, 0.05) is 27.1 Å². The van der Waals surface area contributed by atoms with Crippen LogP contribution in [0.3, 0.4) is 0 Å². The lowest BCUT2D eigenvalue weighted by Crippen LogP contribution is -2.57. The molecule has 35 heavy (non-hydrogen) atoms. The standard InChI is InChI=1S/C26H25Cl3N2O4/c1-15-2-11-20-21(14-15)26(35)31(25(20)34)30(24(33)17-5-9-19(29)10-6-17)22(12-13-27)23(32)16-3-7-18(28)8-4-16/h3-10,15,20-22H,2,11-14H2,1H3/t15-,20+,21+,22-/m1/s1. The molecule has 0 unspecified atom stereocenters. The highest BCUT2D eigenvalue weighted by atomic mass is 35.5. The largest absolute Gasteiger partial charge is 0.292 e. The molecule has 3 amide bonds. The molecular formula is C26H25Cl3N2O4. The zero-order valence-corrected chi connectivity index (χ0v) is 21.4. The molecule has 0 radical (unpaired) electrons. The number of hydrogen-bond donors (Lipinski definition) is 0. The van der Waals surface area contributed by atoms with Crippen molar-refractivity contribution in [3.63, 3.8) is 0 Å². The van der Waals surface area contributed by atoms with Gasteiger partial charge in [-0.05, 0) is 80.1 Å². The van der Waals surface area contributed by atoms with Gasteiger partial charge in [-0.2, -0.15) is 5.01 Å². The Bertz CT molecular complexity index is 1140. The number of carbonyl (C=O) groups is 4. The van der Waals surface area contributed by atoms with Gasteiger partial charge in [0.15, 0.2) is 5.78 Å². The van der Waals surface area contributed by atoms with Crippen LogP contribution in [0.2, 0.25) is 10.0 Å². The molecule has 0 bridgehead atoms. The fourth-order valence-electron chi connectivity index (χ4n) is 4.96. The predicted octanol–water partition coefficient (Wildman–Crippen LogP) is 5.65. The van der Waals surface area contributed by atoms with E-state index in [1.807, 2.05) is 6.92 Å². The number of hydrazine groups is 1. The first kappa shape index (κ1) is 25.7. The van der Waals surface area contributed by atoms with Gasteiger partial charge in [0.05, 0.1) is 11.8 Å². The molecule has 2 fully saturated rings. The second kappa shape index (κ2) is 10.7. The number of nitrogens with zero attached hydrogens (tertiary/aromatic N) is 2. The van der Waals surface area contributed by atoms with E-state index in [1.165, 1.54) is 12.1 Å². The zero-order chi connectivity index (χ0) is 25.3. The van der Waals surface area contributed by atoms with Crippen molar-refractivity contribution in [3.8, 4) is 0 Å². The number of imide groups is 1. The molecule has 4 rings (SSSR count). The first-order chi connectivity index (χ1) is 16.7. The third kappa shape index (κ3) is 5.11. The summed E-state index contributed by atoms with van der Waals surface area (Å²) in [5.41, 5.74) is 0.491. The molecule has 1 aliphatic heterocycles. The van der Waals surface area contributed by atoms with Crippen molar-refractivity contribution >= 4 is 58.3 Å². The highest BCUT2D eigenvalue weighted by Gasteiger charge is 2.54. The number of rotatable bonds is 7. The summed E-state index contributed by atoms with van der Waals surface area (Å²) in [6.45, 7) is 2.05. The smallest absolute Gasteiger partial charge is 0.273 e. The molecule has 9 heteroatoms. The van der Waals surface area contributed by atoms with E-state index >= 15 is 0 Å². The average Bonchev–Trinajstić information content (AvgIpc) is 3.08. The van der Waals surface area contributed by atoms with Crippen molar-refractivity contribution in [1.82, 2.24) is 10.0 Å². The number of halogens is 3. The minimum Gasteiger partial charge on any atom is -0.292 e. The zero-order valence-electron chi connectivity index (χ0n) is 19.1. The summed E-state index contributed by atoms with van der Waals surface area (Å²) >= 11 is 18.0. The number of carbonyl (C=O) groups excluding carboxylic acids is 4. The number of alkyl halides is 1. The van der Waals surface area contributed by atoms with E-state index < -0.39 is 41.4 Å². The number of Topliss-reactive ketones (excluding diaryl/α,β-unsaturated/α-hetero) is 1. The fraction of sp³-hybridized carbons (Fsp3) is 0.385.